The summed E-state index contributed by atoms with van der Waals surface area (Å²) in [4.78, 5) is 20.8. The zero-order valence-corrected chi connectivity index (χ0v) is 23.6. The molecule has 35 heavy (non-hydrogen) atoms. The minimum absolute atomic E-state index is 0.00121. The highest BCUT2D eigenvalue weighted by molar-refractivity contribution is 9.11. The fourth-order valence-electron chi connectivity index (χ4n) is 4.81. The van der Waals surface area contributed by atoms with Crippen LogP contribution in [-0.2, 0) is 6.42 Å². The number of allylic oxidation sites excluding steroid dienone is 1. The average Bonchev–Trinajstić information content (AvgIpc) is 3.49. The molecule has 0 saturated heterocycles. The number of rotatable bonds is 4. The Hall–Kier alpha value is -2.26. The summed E-state index contributed by atoms with van der Waals surface area (Å²) in [6.07, 6.45) is 3.81. The van der Waals surface area contributed by atoms with Crippen molar-refractivity contribution in [1.82, 2.24) is 4.57 Å². The molecule has 3 heterocycles. The predicted molar refractivity (Wildman–Crippen MR) is 150 cm³/mol. The number of hydrogen-bond donors (Lipinski definition) is 0. The molecule has 2 aromatic carbocycles. The highest BCUT2D eigenvalue weighted by Gasteiger charge is 2.33. The number of thiophene rings is 1. The van der Waals surface area contributed by atoms with Gasteiger partial charge in [-0.15, -0.1) is 11.3 Å². The Bertz CT molecular complexity index is 1640. The summed E-state index contributed by atoms with van der Waals surface area (Å²) in [7, 11) is 0. The first-order valence-corrected chi connectivity index (χ1v) is 14.6. The molecule has 2 aromatic heterocycles. The maximum Gasteiger partial charge on any atom is 0.271 e. The standard InChI is InChI=1S/C27H20Br2N2O2S2/c1-2-33-25-19(28)12-15(13-20(25)29)14-22-26(32)31-24(21-8-5-11-34-21)18-10-9-16-6-3-4-7-17(16)23(18)30-27(31)35-22/h3-8,11-14,24H,2,9-10H2,1H3. The van der Waals surface area contributed by atoms with E-state index >= 15 is 0 Å². The quantitative estimate of drug-likeness (QED) is 0.266. The molecule has 2 aliphatic rings. The summed E-state index contributed by atoms with van der Waals surface area (Å²) in [6, 6.07) is 16.5. The largest absolute Gasteiger partial charge is 0.492 e. The van der Waals surface area contributed by atoms with Gasteiger partial charge in [-0.1, -0.05) is 41.7 Å². The SMILES string of the molecule is CCOc1c(Br)cc(C=c2sc3n(c2=O)C(c2cccs2)C2=C(N=3)c3ccccc3CC2)cc1Br. The lowest BCUT2D eigenvalue weighted by Crippen LogP contribution is -2.38. The van der Waals surface area contributed by atoms with Gasteiger partial charge in [0.15, 0.2) is 4.80 Å². The number of fused-ring (bicyclic) bond motifs is 3. The Labute approximate surface area is 227 Å². The summed E-state index contributed by atoms with van der Waals surface area (Å²) in [5, 5.41) is 2.08. The highest BCUT2D eigenvalue weighted by Crippen LogP contribution is 2.42. The molecule has 0 N–H and O–H groups in total. The molecule has 1 atom stereocenters. The summed E-state index contributed by atoms with van der Waals surface area (Å²) in [5.74, 6) is 0.759. The van der Waals surface area contributed by atoms with E-state index < -0.39 is 0 Å². The lowest BCUT2D eigenvalue weighted by molar-refractivity contribution is 0.336. The third-order valence-electron chi connectivity index (χ3n) is 6.29. The van der Waals surface area contributed by atoms with Crippen LogP contribution in [0.2, 0.25) is 0 Å². The molecule has 0 saturated carbocycles. The molecule has 1 aliphatic heterocycles. The van der Waals surface area contributed by atoms with Crippen molar-refractivity contribution in [2.45, 2.75) is 25.8 Å². The molecular formula is C27H20Br2N2O2S2. The molecule has 8 heteroatoms. The number of aryl methyl sites for hydroxylation is 1. The number of ether oxygens (including phenoxy) is 1. The van der Waals surface area contributed by atoms with Crippen LogP contribution in [0.1, 0.15) is 41.0 Å². The van der Waals surface area contributed by atoms with Gasteiger partial charge in [0, 0.05) is 10.4 Å². The van der Waals surface area contributed by atoms with E-state index in [4.69, 9.17) is 9.73 Å². The molecule has 4 nitrogen and oxygen atoms in total. The molecule has 4 aromatic rings. The van der Waals surface area contributed by atoms with Gasteiger partial charge in [0.2, 0.25) is 0 Å². The number of halogens is 2. The molecule has 0 amide bonds. The third kappa shape index (κ3) is 4.00. The fourth-order valence-corrected chi connectivity index (χ4v) is 8.11. The minimum atomic E-state index is -0.115. The summed E-state index contributed by atoms with van der Waals surface area (Å²) in [6.45, 7) is 2.53. The first kappa shape index (κ1) is 23.2. The summed E-state index contributed by atoms with van der Waals surface area (Å²) in [5.41, 5.74) is 5.69. The number of benzene rings is 2. The molecule has 1 aliphatic carbocycles. The van der Waals surface area contributed by atoms with E-state index in [9.17, 15) is 4.79 Å². The molecular weight excluding hydrogens is 608 g/mol. The monoisotopic (exact) mass is 626 g/mol. The molecule has 0 spiro atoms. The van der Waals surface area contributed by atoms with Crippen LogP contribution in [0.25, 0.3) is 11.8 Å². The number of nitrogens with zero attached hydrogens (tertiary/aromatic N) is 2. The Balaban J connectivity index is 1.56. The van der Waals surface area contributed by atoms with Crippen LogP contribution in [0.15, 0.2) is 78.2 Å². The van der Waals surface area contributed by atoms with Crippen LogP contribution in [0.5, 0.6) is 5.75 Å². The Kier molecular flexibility index (Phi) is 6.16. The first-order valence-electron chi connectivity index (χ1n) is 11.3. The van der Waals surface area contributed by atoms with Crippen LogP contribution in [0, 0.1) is 0 Å². The van der Waals surface area contributed by atoms with E-state index in [1.807, 2.05) is 29.7 Å². The first-order chi connectivity index (χ1) is 17.0. The molecule has 176 valence electrons. The van der Waals surface area contributed by atoms with Crippen molar-refractivity contribution in [3.63, 3.8) is 0 Å². The van der Waals surface area contributed by atoms with Gasteiger partial charge in [0.05, 0.1) is 31.8 Å². The molecule has 0 bridgehead atoms. The molecule has 0 radical (unpaired) electrons. The van der Waals surface area contributed by atoms with E-state index in [-0.39, 0.29) is 11.6 Å². The van der Waals surface area contributed by atoms with Crippen molar-refractivity contribution in [1.29, 1.82) is 0 Å². The van der Waals surface area contributed by atoms with Crippen LogP contribution in [0.3, 0.4) is 0 Å². The summed E-state index contributed by atoms with van der Waals surface area (Å²) < 4.78 is 9.96. The van der Waals surface area contributed by atoms with Crippen molar-refractivity contribution >= 4 is 66.3 Å². The van der Waals surface area contributed by atoms with Crippen molar-refractivity contribution in [2.75, 3.05) is 6.61 Å². The van der Waals surface area contributed by atoms with Crippen molar-refractivity contribution in [2.24, 2.45) is 4.99 Å². The highest BCUT2D eigenvalue weighted by atomic mass is 79.9. The normalized spacial score (nSPS) is 17.0. The van der Waals surface area contributed by atoms with Gasteiger partial charge in [-0.3, -0.25) is 9.36 Å². The Morgan fingerprint density at radius 1 is 1.14 bits per heavy atom. The Morgan fingerprint density at radius 2 is 1.94 bits per heavy atom. The molecule has 6 rings (SSSR count). The van der Waals surface area contributed by atoms with E-state index in [2.05, 4.69) is 73.6 Å². The predicted octanol–water partition coefficient (Wildman–Crippen LogP) is 6.30. The number of thiazole rings is 1. The molecule has 0 fully saturated rings. The van der Waals surface area contributed by atoms with Crippen LogP contribution >= 0.6 is 54.5 Å². The smallest absolute Gasteiger partial charge is 0.271 e. The van der Waals surface area contributed by atoms with E-state index in [1.54, 1.807) is 11.3 Å². The van der Waals surface area contributed by atoms with Gasteiger partial charge in [-0.25, -0.2) is 4.99 Å². The second-order valence-electron chi connectivity index (χ2n) is 8.38. The number of hydrogen-bond acceptors (Lipinski definition) is 5. The van der Waals surface area contributed by atoms with Crippen molar-refractivity contribution in [3.05, 3.63) is 110 Å². The molecule has 1 unspecified atom stereocenters. The maximum atomic E-state index is 13.8. The van der Waals surface area contributed by atoms with E-state index in [0.29, 0.717) is 11.1 Å². The van der Waals surface area contributed by atoms with Gasteiger partial charge >= 0.3 is 0 Å². The van der Waals surface area contributed by atoms with Gasteiger partial charge in [-0.2, -0.15) is 0 Å². The van der Waals surface area contributed by atoms with Crippen molar-refractivity contribution in [3.8, 4) is 5.75 Å². The van der Waals surface area contributed by atoms with Gasteiger partial charge in [-0.05, 0) is 98.0 Å². The van der Waals surface area contributed by atoms with Crippen LogP contribution in [0.4, 0.5) is 0 Å². The van der Waals surface area contributed by atoms with Gasteiger partial charge in [0.1, 0.15) is 5.75 Å². The van der Waals surface area contributed by atoms with Crippen LogP contribution in [-0.4, -0.2) is 11.2 Å². The number of aromatic nitrogens is 1. The van der Waals surface area contributed by atoms with E-state index in [0.717, 1.165) is 43.6 Å². The second kappa shape index (κ2) is 9.32. The minimum Gasteiger partial charge on any atom is -0.492 e. The Morgan fingerprint density at radius 3 is 2.69 bits per heavy atom. The van der Waals surface area contributed by atoms with Gasteiger partial charge < -0.3 is 4.74 Å². The van der Waals surface area contributed by atoms with Crippen LogP contribution < -0.4 is 19.6 Å². The zero-order chi connectivity index (χ0) is 24.1. The van der Waals surface area contributed by atoms with E-state index in [1.165, 1.54) is 32.9 Å². The van der Waals surface area contributed by atoms with Crippen molar-refractivity contribution < 1.29 is 4.74 Å². The fraction of sp³-hybridized carbons (Fsp3) is 0.185. The van der Waals surface area contributed by atoms with Gasteiger partial charge in [0.25, 0.3) is 5.56 Å². The summed E-state index contributed by atoms with van der Waals surface area (Å²) >= 11 is 10.3. The third-order valence-corrected chi connectivity index (χ3v) is 9.38. The lowest BCUT2D eigenvalue weighted by atomic mass is 9.85. The second-order valence-corrected chi connectivity index (χ2v) is 12.1. The topological polar surface area (TPSA) is 43.6 Å². The lowest BCUT2D eigenvalue weighted by Gasteiger charge is -2.30. The average molecular weight is 628 g/mol. The zero-order valence-electron chi connectivity index (χ0n) is 18.8. The maximum absolute atomic E-state index is 13.8.